The molecular formula is C15H20N2. The minimum absolute atomic E-state index is 0.340. The molecule has 2 rings (SSSR count). The van der Waals surface area contributed by atoms with E-state index in [4.69, 9.17) is 0 Å². The molecule has 2 nitrogen and oxygen atoms in total. The van der Waals surface area contributed by atoms with Crippen LogP contribution in [0.3, 0.4) is 0 Å². The lowest BCUT2D eigenvalue weighted by atomic mass is 9.88. The minimum atomic E-state index is 0.340. The summed E-state index contributed by atoms with van der Waals surface area (Å²) < 4.78 is 1.83. The molecular weight excluding hydrogens is 208 g/mol. The zero-order valence-electron chi connectivity index (χ0n) is 11.1. The van der Waals surface area contributed by atoms with Gasteiger partial charge in [0.1, 0.15) is 0 Å². The Hall–Kier alpha value is -1.57. The van der Waals surface area contributed by atoms with Crippen LogP contribution in [0.1, 0.15) is 26.3 Å². The summed E-state index contributed by atoms with van der Waals surface area (Å²) in [6.07, 6.45) is 3.08. The van der Waals surface area contributed by atoms with Crippen molar-refractivity contribution >= 4 is 0 Å². The molecule has 1 heterocycles. The lowest BCUT2D eigenvalue weighted by Gasteiger charge is -2.18. The molecule has 90 valence electrons. The van der Waals surface area contributed by atoms with Crippen LogP contribution in [0.2, 0.25) is 0 Å². The normalized spacial score (nSPS) is 11.8. The molecule has 0 bridgehead atoms. The van der Waals surface area contributed by atoms with Gasteiger partial charge in [-0.3, -0.25) is 4.68 Å². The molecule has 0 saturated carbocycles. The van der Waals surface area contributed by atoms with Gasteiger partial charge in [-0.25, -0.2) is 0 Å². The van der Waals surface area contributed by atoms with Crippen LogP contribution in [0.25, 0.3) is 11.3 Å². The van der Waals surface area contributed by atoms with E-state index in [1.807, 2.05) is 24.0 Å². The molecule has 0 amide bonds. The summed E-state index contributed by atoms with van der Waals surface area (Å²) >= 11 is 0. The second-order valence-electron chi connectivity index (χ2n) is 5.81. The average Bonchev–Trinajstić information content (AvgIpc) is 2.63. The van der Waals surface area contributed by atoms with Crippen LogP contribution in [0, 0.1) is 5.41 Å². The summed E-state index contributed by atoms with van der Waals surface area (Å²) in [5, 5.41) is 4.40. The maximum atomic E-state index is 4.40. The quantitative estimate of drug-likeness (QED) is 0.766. The molecule has 2 heteroatoms. The van der Waals surface area contributed by atoms with Gasteiger partial charge in [-0.2, -0.15) is 5.10 Å². The van der Waals surface area contributed by atoms with E-state index in [1.165, 1.54) is 11.1 Å². The van der Waals surface area contributed by atoms with Gasteiger partial charge in [0.15, 0.2) is 0 Å². The average molecular weight is 228 g/mol. The topological polar surface area (TPSA) is 17.8 Å². The van der Waals surface area contributed by atoms with Crippen molar-refractivity contribution in [3.63, 3.8) is 0 Å². The van der Waals surface area contributed by atoms with Gasteiger partial charge in [0.25, 0.3) is 0 Å². The Balaban J connectivity index is 2.19. The number of nitrogens with zero attached hydrogens (tertiary/aromatic N) is 2. The van der Waals surface area contributed by atoms with Crippen LogP contribution in [0.4, 0.5) is 0 Å². The Morgan fingerprint density at radius 2 is 1.71 bits per heavy atom. The van der Waals surface area contributed by atoms with Crippen molar-refractivity contribution in [1.29, 1.82) is 0 Å². The number of hydrogen-bond donors (Lipinski definition) is 0. The second-order valence-corrected chi connectivity index (χ2v) is 5.81. The van der Waals surface area contributed by atoms with Gasteiger partial charge >= 0.3 is 0 Å². The molecule has 0 spiro atoms. The van der Waals surface area contributed by atoms with Crippen LogP contribution in [0.15, 0.2) is 36.5 Å². The summed E-state index contributed by atoms with van der Waals surface area (Å²) in [7, 11) is 1.94. The van der Waals surface area contributed by atoms with E-state index in [0.717, 1.165) is 12.1 Å². The number of hydrogen-bond acceptors (Lipinski definition) is 1. The van der Waals surface area contributed by atoms with Gasteiger partial charge in [0.05, 0.1) is 5.69 Å². The Kier molecular flexibility index (Phi) is 3.05. The largest absolute Gasteiger partial charge is 0.275 e. The molecule has 0 N–H and O–H groups in total. The Labute approximate surface area is 103 Å². The summed E-state index contributed by atoms with van der Waals surface area (Å²) in [4.78, 5) is 0. The summed E-state index contributed by atoms with van der Waals surface area (Å²) in [6.45, 7) is 6.79. The molecule has 1 aromatic heterocycles. The number of aryl methyl sites for hydroxylation is 1. The first-order chi connectivity index (χ1) is 7.94. The first-order valence-electron chi connectivity index (χ1n) is 6.03. The molecule has 0 fully saturated rings. The highest BCUT2D eigenvalue weighted by atomic mass is 15.2. The Morgan fingerprint density at radius 1 is 1.06 bits per heavy atom. The predicted molar refractivity (Wildman–Crippen MR) is 71.8 cm³/mol. The SMILES string of the molecule is Cn1ccc(-c2ccc(CC(C)(C)C)cc2)n1. The van der Waals surface area contributed by atoms with E-state index >= 15 is 0 Å². The van der Waals surface area contributed by atoms with E-state index in [1.54, 1.807) is 0 Å². The fourth-order valence-corrected chi connectivity index (χ4v) is 1.97. The van der Waals surface area contributed by atoms with Crippen molar-refractivity contribution in [2.24, 2.45) is 12.5 Å². The molecule has 0 aliphatic carbocycles. The third-order valence-corrected chi connectivity index (χ3v) is 2.70. The summed E-state index contributed by atoms with van der Waals surface area (Å²) in [6, 6.07) is 10.8. The standard InChI is InChI=1S/C15H20N2/c1-15(2,3)11-12-5-7-13(8-6-12)14-9-10-17(4)16-14/h5-10H,11H2,1-4H3. The smallest absolute Gasteiger partial charge is 0.0923 e. The van der Waals surface area contributed by atoms with Crippen molar-refractivity contribution in [2.45, 2.75) is 27.2 Å². The van der Waals surface area contributed by atoms with E-state index < -0.39 is 0 Å². The van der Waals surface area contributed by atoms with E-state index in [0.29, 0.717) is 5.41 Å². The first-order valence-corrected chi connectivity index (χ1v) is 6.03. The van der Waals surface area contributed by atoms with Gasteiger partial charge < -0.3 is 0 Å². The highest BCUT2D eigenvalue weighted by molar-refractivity contribution is 5.58. The monoisotopic (exact) mass is 228 g/mol. The van der Waals surface area contributed by atoms with Gasteiger partial charge in [0, 0.05) is 18.8 Å². The van der Waals surface area contributed by atoms with Crippen molar-refractivity contribution < 1.29 is 0 Å². The van der Waals surface area contributed by atoms with Gasteiger partial charge in [-0.05, 0) is 23.5 Å². The van der Waals surface area contributed by atoms with E-state index in [2.05, 4.69) is 50.1 Å². The fourth-order valence-electron chi connectivity index (χ4n) is 1.97. The van der Waals surface area contributed by atoms with Crippen molar-refractivity contribution in [3.8, 4) is 11.3 Å². The highest BCUT2D eigenvalue weighted by Gasteiger charge is 2.11. The zero-order chi connectivity index (χ0) is 12.5. The van der Waals surface area contributed by atoms with Crippen LogP contribution < -0.4 is 0 Å². The Bertz CT molecular complexity index is 486. The molecule has 0 radical (unpaired) electrons. The molecule has 0 atom stereocenters. The fraction of sp³-hybridized carbons (Fsp3) is 0.400. The Morgan fingerprint density at radius 3 is 2.18 bits per heavy atom. The van der Waals surface area contributed by atoms with E-state index in [-0.39, 0.29) is 0 Å². The number of aromatic nitrogens is 2. The third-order valence-electron chi connectivity index (χ3n) is 2.70. The van der Waals surface area contributed by atoms with Crippen LogP contribution >= 0.6 is 0 Å². The second kappa shape index (κ2) is 4.36. The molecule has 17 heavy (non-hydrogen) atoms. The molecule has 0 aliphatic rings. The lowest BCUT2D eigenvalue weighted by molar-refractivity contribution is 0.411. The predicted octanol–water partition coefficient (Wildman–Crippen LogP) is 3.68. The summed E-state index contributed by atoms with van der Waals surface area (Å²) in [5.74, 6) is 0. The number of rotatable bonds is 2. The highest BCUT2D eigenvalue weighted by Crippen LogP contribution is 2.23. The maximum Gasteiger partial charge on any atom is 0.0923 e. The van der Waals surface area contributed by atoms with Gasteiger partial charge in [-0.1, -0.05) is 45.0 Å². The molecule has 2 aromatic rings. The van der Waals surface area contributed by atoms with Crippen LogP contribution in [0.5, 0.6) is 0 Å². The zero-order valence-corrected chi connectivity index (χ0v) is 11.1. The van der Waals surface area contributed by atoms with Crippen molar-refractivity contribution in [1.82, 2.24) is 9.78 Å². The molecule has 1 aromatic carbocycles. The first kappa shape index (κ1) is 11.9. The molecule has 0 unspecified atom stereocenters. The van der Waals surface area contributed by atoms with Gasteiger partial charge in [0.2, 0.25) is 0 Å². The summed E-state index contributed by atoms with van der Waals surface area (Å²) in [5.41, 5.74) is 3.95. The molecule has 0 aliphatic heterocycles. The third kappa shape index (κ3) is 3.19. The van der Waals surface area contributed by atoms with Crippen molar-refractivity contribution in [3.05, 3.63) is 42.1 Å². The van der Waals surface area contributed by atoms with Crippen LogP contribution in [-0.2, 0) is 13.5 Å². The number of benzene rings is 1. The maximum absolute atomic E-state index is 4.40. The van der Waals surface area contributed by atoms with Gasteiger partial charge in [-0.15, -0.1) is 0 Å². The van der Waals surface area contributed by atoms with E-state index in [9.17, 15) is 0 Å². The van der Waals surface area contributed by atoms with Crippen molar-refractivity contribution in [2.75, 3.05) is 0 Å². The minimum Gasteiger partial charge on any atom is -0.275 e. The molecule has 0 saturated heterocycles. The lowest BCUT2D eigenvalue weighted by Crippen LogP contribution is -2.08. The van der Waals surface area contributed by atoms with Crippen LogP contribution in [-0.4, -0.2) is 9.78 Å².